The lowest BCUT2D eigenvalue weighted by Gasteiger charge is -2.33. The van der Waals surface area contributed by atoms with E-state index >= 15 is 0 Å². The maximum Gasteiger partial charge on any atom is 0.123 e. The standard InChI is InChI=1S/C27H41NO4/c1-19(2)22-8-7-20(18-29)15-23(22)26-24(30)16-21(17-25(26)31)27(3,4)9-5-6-10-28-11-13-32-14-12-28/h15-17,22-23,29-31H,1,5-14,18H2,2-4H3/t22-,23+/m1/s1. The number of rotatable bonds is 9. The predicted molar refractivity (Wildman–Crippen MR) is 129 cm³/mol. The van der Waals surface area contributed by atoms with Gasteiger partial charge in [-0.05, 0) is 73.8 Å². The number of allylic oxidation sites excluding steroid dienone is 2. The van der Waals surface area contributed by atoms with Crippen LogP contribution in [0.25, 0.3) is 0 Å². The summed E-state index contributed by atoms with van der Waals surface area (Å²) in [6.45, 7) is 15.3. The average Bonchev–Trinajstić information content (AvgIpc) is 2.76. The smallest absolute Gasteiger partial charge is 0.123 e. The molecule has 5 heteroatoms. The van der Waals surface area contributed by atoms with E-state index in [-0.39, 0.29) is 35.4 Å². The molecule has 1 aliphatic carbocycles. The minimum Gasteiger partial charge on any atom is -0.507 e. The van der Waals surface area contributed by atoms with E-state index in [9.17, 15) is 15.3 Å². The van der Waals surface area contributed by atoms with Crippen molar-refractivity contribution in [2.24, 2.45) is 5.92 Å². The third-order valence-electron chi connectivity index (χ3n) is 7.34. The zero-order valence-corrected chi connectivity index (χ0v) is 20.1. The molecule has 3 rings (SSSR count). The first-order valence-electron chi connectivity index (χ1n) is 12.0. The highest BCUT2D eigenvalue weighted by Crippen LogP contribution is 2.47. The lowest BCUT2D eigenvalue weighted by molar-refractivity contribution is 0.0370. The molecule has 1 fully saturated rings. The van der Waals surface area contributed by atoms with Gasteiger partial charge < -0.3 is 20.1 Å². The monoisotopic (exact) mass is 443 g/mol. The third-order valence-corrected chi connectivity index (χ3v) is 7.34. The van der Waals surface area contributed by atoms with Crippen LogP contribution in [0.3, 0.4) is 0 Å². The summed E-state index contributed by atoms with van der Waals surface area (Å²) in [5, 5.41) is 31.6. The second-order valence-electron chi connectivity index (χ2n) is 10.2. The number of aliphatic hydroxyl groups excluding tert-OH is 1. The van der Waals surface area contributed by atoms with Crippen LogP contribution in [0.2, 0.25) is 0 Å². The van der Waals surface area contributed by atoms with Crippen LogP contribution in [0.5, 0.6) is 11.5 Å². The van der Waals surface area contributed by atoms with Crippen molar-refractivity contribution in [1.29, 1.82) is 0 Å². The molecule has 0 aromatic heterocycles. The molecule has 0 saturated carbocycles. The molecule has 0 unspecified atom stereocenters. The summed E-state index contributed by atoms with van der Waals surface area (Å²) >= 11 is 0. The first-order valence-corrected chi connectivity index (χ1v) is 12.0. The van der Waals surface area contributed by atoms with Crippen LogP contribution in [0.4, 0.5) is 0 Å². The molecule has 0 amide bonds. The highest BCUT2D eigenvalue weighted by atomic mass is 16.5. The van der Waals surface area contributed by atoms with E-state index in [4.69, 9.17) is 4.74 Å². The molecule has 0 spiro atoms. The quantitative estimate of drug-likeness (QED) is 0.375. The van der Waals surface area contributed by atoms with Crippen molar-refractivity contribution in [1.82, 2.24) is 4.90 Å². The lowest BCUT2D eigenvalue weighted by Crippen LogP contribution is -2.36. The molecule has 5 nitrogen and oxygen atoms in total. The summed E-state index contributed by atoms with van der Waals surface area (Å²) in [7, 11) is 0. The molecule has 2 aliphatic rings. The Morgan fingerprint density at radius 2 is 1.81 bits per heavy atom. The zero-order chi connectivity index (χ0) is 23.3. The number of phenols is 2. The SMILES string of the molecule is C=C(C)[C@H]1CCC(CO)=C[C@@H]1c1c(O)cc(C(C)(C)CCCCN2CCOCC2)cc1O. The molecule has 0 bridgehead atoms. The van der Waals surface area contributed by atoms with Gasteiger partial charge in [-0.15, -0.1) is 0 Å². The number of hydrogen-bond acceptors (Lipinski definition) is 5. The van der Waals surface area contributed by atoms with E-state index < -0.39 is 0 Å². The van der Waals surface area contributed by atoms with Gasteiger partial charge in [0.15, 0.2) is 0 Å². The normalized spacial score (nSPS) is 22.6. The molecular formula is C27H41NO4. The Bertz CT molecular complexity index is 800. The van der Waals surface area contributed by atoms with Crippen LogP contribution < -0.4 is 0 Å². The van der Waals surface area contributed by atoms with E-state index in [1.54, 1.807) is 0 Å². The molecular weight excluding hydrogens is 402 g/mol. The molecule has 178 valence electrons. The Balaban J connectivity index is 1.72. The van der Waals surface area contributed by atoms with Crippen molar-refractivity contribution in [3.63, 3.8) is 0 Å². The van der Waals surface area contributed by atoms with E-state index in [0.717, 1.165) is 81.7 Å². The van der Waals surface area contributed by atoms with Gasteiger partial charge in [0.25, 0.3) is 0 Å². The van der Waals surface area contributed by atoms with Gasteiger partial charge in [0, 0.05) is 24.6 Å². The molecule has 0 radical (unpaired) electrons. The number of nitrogens with zero attached hydrogens (tertiary/aromatic N) is 1. The van der Waals surface area contributed by atoms with Crippen LogP contribution in [-0.2, 0) is 10.2 Å². The molecule has 1 aliphatic heterocycles. The predicted octanol–water partition coefficient (Wildman–Crippen LogP) is 4.87. The second kappa shape index (κ2) is 10.9. The fourth-order valence-electron chi connectivity index (χ4n) is 5.17. The maximum absolute atomic E-state index is 11.0. The summed E-state index contributed by atoms with van der Waals surface area (Å²) in [5.41, 5.74) is 3.35. The Kier molecular flexibility index (Phi) is 8.43. The summed E-state index contributed by atoms with van der Waals surface area (Å²) < 4.78 is 5.42. The Hall–Kier alpha value is -1.82. The highest BCUT2D eigenvalue weighted by Gasteiger charge is 2.32. The summed E-state index contributed by atoms with van der Waals surface area (Å²) in [5.74, 6) is 0.233. The summed E-state index contributed by atoms with van der Waals surface area (Å²) in [6, 6.07) is 3.65. The zero-order valence-electron chi connectivity index (χ0n) is 20.1. The van der Waals surface area contributed by atoms with E-state index in [0.29, 0.717) is 5.56 Å². The van der Waals surface area contributed by atoms with Crippen molar-refractivity contribution >= 4 is 0 Å². The van der Waals surface area contributed by atoms with Gasteiger partial charge >= 0.3 is 0 Å². The van der Waals surface area contributed by atoms with Crippen molar-refractivity contribution in [2.45, 2.75) is 64.2 Å². The molecule has 32 heavy (non-hydrogen) atoms. The molecule has 2 atom stereocenters. The Morgan fingerprint density at radius 3 is 2.41 bits per heavy atom. The fourth-order valence-corrected chi connectivity index (χ4v) is 5.17. The van der Waals surface area contributed by atoms with E-state index in [1.807, 2.05) is 25.1 Å². The van der Waals surface area contributed by atoms with Gasteiger partial charge in [0.1, 0.15) is 11.5 Å². The van der Waals surface area contributed by atoms with Crippen molar-refractivity contribution in [3.8, 4) is 11.5 Å². The van der Waals surface area contributed by atoms with Crippen molar-refractivity contribution < 1.29 is 20.1 Å². The number of aliphatic hydroxyl groups is 1. The topological polar surface area (TPSA) is 73.2 Å². The summed E-state index contributed by atoms with van der Waals surface area (Å²) in [4.78, 5) is 2.46. The minimum atomic E-state index is -0.172. The molecule has 1 heterocycles. The molecule has 1 saturated heterocycles. The van der Waals surface area contributed by atoms with Gasteiger partial charge in [-0.25, -0.2) is 0 Å². The Labute approximate surface area is 193 Å². The first-order chi connectivity index (χ1) is 15.2. The average molecular weight is 444 g/mol. The van der Waals surface area contributed by atoms with Gasteiger partial charge in [-0.2, -0.15) is 0 Å². The van der Waals surface area contributed by atoms with Crippen LogP contribution in [-0.4, -0.2) is 59.7 Å². The fraction of sp³-hybridized carbons (Fsp3) is 0.630. The lowest BCUT2D eigenvalue weighted by atomic mass is 9.72. The molecule has 1 aromatic carbocycles. The minimum absolute atomic E-state index is 0.0104. The second-order valence-corrected chi connectivity index (χ2v) is 10.2. The van der Waals surface area contributed by atoms with E-state index in [2.05, 4.69) is 25.3 Å². The number of hydrogen-bond donors (Lipinski definition) is 3. The van der Waals surface area contributed by atoms with Gasteiger partial charge in [0.05, 0.1) is 19.8 Å². The Morgan fingerprint density at radius 1 is 1.16 bits per heavy atom. The van der Waals surface area contributed by atoms with Crippen LogP contribution in [0.1, 0.15) is 69.9 Å². The number of aromatic hydroxyl groups is 2. The number of ether oxygens (including phenoxy) is 1. The van der Waals surface area contributed by atoms with Crippen LogP contribution in [0, 0.1) is 5.92 Å². The largest absolute Gasteiger partial charge is 0.507 e. The van der Waals surface area contributed by atoms with Gasteiger partial charge in [-0.1, -0.05) is 38.5 Å². The van der Waals surface area contributed by atoms with Gasteiger partial charge in [0.2, 0.25) is 0 Å². The van der Waals surface area contributed by atoms with Gasteiger partial charge in [-0.3, -0.25) is 4.90 Å². The van der Waals surface area contributed by atoms with Crippen molar-refractivity contribution in [3.05, 3.63) is 47.1 Å². The molecule has 3 N–H and O–H groups in total. The van der Waals surface area contributed by atoms with Crippen LogP contribution >= 0.6 is 0 Å². The maximum atomic E-state index is 11.0. The van der Waals surface area contributed by atoms with Crippen molar-refractivity contribution in [2.75, 3.05) is 39.5 Å². The number of benzene rings is 1. The highest BCUT2D eigenvalue weighted by molar-refractivity contribution is 5.53. The van der Waals surface area contributed by atoms with Crippen LogP contribution in [0.15, 0.2) is 35.9 Å². The number of morpholine rings is 1. The number of unbranched alkanes of at least 4 members (excludes halogenated alkanes) is 1. The first kappa shape index (κ1) is 24.8. The third kappa shape index (κ3) is 5.94. The van der Waals surface area contributed by atoms with E-state index in [1.165, 1.54) is 0 Å². The number of phenolic OH excluding ortho intramolecular Hbond substituents is 2. The molecule has 1 aromatic rings. The summed E-state index contributed by atoms with van der Waals surface area (Å²) in [6.07, 6.45) is 6.91.